The smallest absolute Gasteiger partial charge is 0.239 e. The summed E-state index contributed by atoms with van der Waals surface area (Å²) in [5, 5.41) is 9.13. The quantitative estimate of drug-likeness (QED) is 0.892. The van der Waals surface area contributed by atoms with E-state index in [1.54, 1.807) is 4.68 Å². The zero-order valence-electron chi connectivity index (χ0n) is 10.5. The highest BCUT2D eigenvalue weighted by atomic mass is 32.2. The predicted molar refractivity (Wildman–Crippen MR) is 69.1 cm³/mol. The van der Waals surface area contributed by atoms with E-state index in [0.717, 1.165) is 22.4 Å². The van der Waals surface area contributed by atoms with Crippen LogP contribution in [0.5, 0.6) is 0 Å². The highest BCUT2D eigenvalue weighted by Gasteiger charge is 2.13. The topological polar surface area (TPSA) is 78.0 Å². The van der Waals surface area contributed by atoms with Crippen molar-refractivity contribution in [3.63, 3.8) is 0 Å². The van der Waals surface area contributed by atoms with E-state index >= 15 is 0 Å². The number of aromatic nitrogens is 2. The largest absolute Gasteiger partial charge is 0.241 e. The lowest BCUT2D eigenvalue weighted by Crippen LogP contribution is -2.11. The molecule has 96 valence electrons. The number of sulfonamides is 1. The Hall–Kier alpha value is -1.66. The van der Waals surface area contributed by atoms with Crippen molar-refractivity contribution in [3.8, 4) is 5.69 Å². The van der Waals surface area contributed by atoms with Crippen LogP contribution in [-0.4, -0.2) is 18.2 Å². The van der Waals surface area contributed by atoms with Gasteiger partial charge in [-0.05, 0) is 31.9 Å². The summed E-state index contributed by atoms with van der Waals surface area (Å²) in [6.45, 7) is 5.95. The molecule has 0 fully saturated rings. The van der Waals surface area contributed by atoms with E-state index in [-0.39, 0.29) is 4.90 Å². The van der Waals surface area contributed by atoms with Gasteiger partial charge in [0.2, 0.25) is 10.0 Å². The third kappa shape index (κ3) is 2.30. The molecule has 5 nitrogen and oxygen atoms in total. The van der Waals surface area contributed by atoms with Crippen LogP contribution >= 0.6 is 0 Å². The average molecular weight is 265 g/mol. The van der Waals surface area contributed by atoms with E-state index in [1.165, 1.54) is 12.4 Å². The summed E-state index contributed by atoms with van der Waals surface area (Å²) in [5.41, 5.74) is 4.12. The minimum atomic E-state index is -3.71. The van der Waals surface area contributed by atoms with Crippen LogP contribution < -0.4 is 5.14 Å². The SMILES string of the molecule is Cc1cc(C)c(-n2cc(S(N)(=O)=O)cn2)c(C)c1. The number of primary sulfonamides is 1. The summed E-state index contributed by atoms with van der Waals surface area (Å²) in [7, 11) is -3.71. The van der Waals surface area contributed by atoms with Gasteiger partial charge in [-0.1, -0.05) is 17.7 Å². The van der Waals surface area contributed by atoms with Crippen molar-refractivity contribution in [1.29, 1.82) is 0 Å². The number of hydrogen-bond donors (Lipinski definition) is 1. The molecule has 2 N–H and O–H groups in total. The van der Waals surface area contributed by atoms with Gasteiger partial charge in [0, 0.05) is 0 Å². The zero-order chi connectivity index (χ0) is 13.5. The van der Waals surface area contributed by atoms with Gasteiger partial charge in [-0.2, -0.15) is 5.10 Å². The monoisotopic (exact) mass is 265 g/mol. The Morgan fingerprint density at radius 1 is 1.17 bits per heavy atom. The molecule has 1 aromatic carbocycles. The van der Waals surface area contributed by atoms with E-state index in [0.29, 0.717) is 0 Å². The first-order valence-electron chi connectivity index (χ1n) is 5.45. The van der Waals surface area contributed by atoms with E-state index in [2.05, 4.69) is 5.10 Å². The number of nitrogens with two attached hydrogens (primary N) is 1. The van der Waals surface area contributed by atoms with Gasteiger partial charge in [0.15, 0.2) is 0 Å². The van der Waals surface area contributed by atoms with E-state index < -0.39 is 10.0 Å². The molecule has 0 saturated carbocycles. The lowest BCUT2D eigenvalue weighted by molar-refractivity contribution is 0.598. The Morgan fingerprint density at radius 3 is 2.17 bits per heavy atom. The minimum absolute atomic E-state index is 0.0156. The second-order valence-corrected chi connectivity index (χ2v) is 5.97. The van der Waals surface area contributed by atoms with Crippen molar-refractivity contribution in [3.05, 3.63) is 41.2 Å². The van der Waals surface area contributed by atoms with Gasteiger partial charge < -0.3 is 0 Å². The molecule has 0 aliphatic rings. The van der Waals surface area contributed by atoms with Gasteiger partial charge >= 0.3 is 0 Å². The zero-order valence-corrected chi connectivity index (χ0v) is 11.3. The molecule has 0 aliphatic carbocycles. The van der Waals surface area contributed by atoms with E-state index in [9.17, 15) is 8.42 Å². The van der Waals surface area contributed by atoms with E-state index in [4.69, 9.17) is 5.14 Å². The molecule has 0 spiro atoms. The van der Waals surface area contributed by atoms with Crippen molar-refractivity contribution in [1.82, 2.24) is 9.78 Å². The second-order valence-electron chi connectivity index (χ2n) is 4.41. The van der Waals surface area contributed by atoms with Crippen LogP contribution in [0.1, 0.15) is 16.7 Å². The first-order valence-corrected chi connectivity index (χ1v) is 6.99. The molecule has 0 unspecified atom stereocenters. The molecule has 18 heavy (non-hydrogen) atoms. The molecule has 0 saturated heterocycles. The van der Waals surface area contributed by atoms with Crippen LogP contribution in [0.15, 0.2) is 29.4 Å². The molecule has 1 heterocycles. The molecule has 0 atom stereocenters. The highest BCUT2D eigenvalue weighted by molar-refractivity contribution is 7.89. The van der Waals surface area contributed by atoms with Gasteiger partial charge in [0.25, 0.3) is 0 Å². The summed E-state index contributed by atoms with van der Waals surface area (Å²) in [4.78, 5) is 0.0156. The average Bonchev–Trinajstić information content (AvgIpc) is 2.64. The Labute approximate surface area is 106 Å². The van der Waals surface area contributed by atoms with Crippen LogP contribution in [0.2, 0.25) is 0 Å². The van der Waals surface area contributed by atoms with Gasteiger partial charge in [-0.3, -0.25) is 0 Å². The summed E-state index contributed by atoms with van der Waals surface area (Å²) in [6.07, 6.45) is 2.69. The standard InChI is InChI=1S/C12H15N3O2S/c1-8-4-9(2)12(10(3)5-8)15-7-11(6-14-15)18(13,16)17/h4-7H,1-3H3,(H2,13,16,17). The van der Waals surface area contributed by atoms with Crippen molar-refractivity contribution >= 4 is 10.0 Å². The number of benzene rings is 1. The highest BCUT2D eigenvalue weighted by Crippen LogP contribution is 2.21. The maximum atomic E-state index is 11.2. The van der Waals surface area contributed by atoms with Crippen LogP contribution in [0, 0.1) is 20.8 Å². The predicted octanol–water partition coefficient (Wildman–Crippen LogP) is 1.44. The molecule has 0 amide bonds. The van der Waals surface area contributed by atoms with Crippen molar-refractivity contribution < 1.29 is 8.42 Å². The lowest BCUT2D eigenvalue weighted by atomic mass is 10.1. The first kappa shape index (κ1) is 12.8. The summed E-state index contributed by atoms with van der Waals surface area (Å²) in [5.74, 6) is 0. The van der Waals surface area contributed by atoms with Gasteiger partial charge in [-0.25, -0.2) is 18.2 Å². The molecule has 0 radical (unpaired) electrons. The Kier molecular flexibility index (Phi) is 3.00. The number of hydrogen-bond acceptors (Lipinski definition) is 3. The number of rotatable bonds is 2. The molecule has 2 rings (SSSR count). The number of aryl methyl sites for hydroxylation is 3. The third-order valence-corrected chi connectivity index (χ3v) is 3.62. The van der Waals surface area contributed by atoms with Crippen molar-refractivity contribution in [2.24, 2.45) is 5.14 Å². The summed E-state index contributed by atoms with van der Waals surface area (Å²) < 4.78 is 24.0. The fraction of sp³-hybridized carbons (Fsp3) is 0.250. The fourth-order valence-electron chi connectivity index (χ4n) is 2.11. The van der Waals surface area contributed by atoms with Gasteiger partial charge in [-0.15, -0.1) is 0 Å². The fourth-order valence-corrected chi connectivity index (χ4v) is 2.55. The Balaban J connectivity index is 2.60. The molecule has 1 aromatic heterocycles. The third-order valence-electron chi connectivity index (χ3n) is 2.75. The summed E-state index contributed by atoms with van der Waals surface area (Å²) >= 11 is 0. The molecule has 0 aliphatic heterocycles. The molecular weight excluding hydrogens is 250 g/mol. The van der Waals surface area contributed by atoms with Crippen molar-refractivity contribution in [2.45, 2.75) is 25.7 Å². The molecule has 2 aromatic rings. The van der Waals surface area contributed by atoms with Crippen LogP contribution in [0.3, 0.4) is 0 Å². The van der Waals surface area contributed by atoms with E-state index in [1.807, 2.05) is 32.9 Å². The van der Waals surface area contributed by atoms with Crippen LogP contribution in [0.25, 0.3) is 5.69 Å². The Morgan fingerprint density at radius 2 is 1.72 bits per heavy atom. The van der Waals surface area contributed by atoms with Gasteiger partial charge in [0.05, 0.1) is 18.1 Å². The minimum Gasteiger partial charge on any atom is -0.239 e. The molecular formula is C12H15N3O2S. The molecule has 0 bridgehead atoms. The summed E-state index contributed by atoms with van der Waals surface area (Å²) in [6, 6.07) is 4.06. The van der Waals surface area contributed by atoms with Crippen LogP contribution in [0.4, 0.5) is 0 Å². The lowest BCUT2D eigenvalue weighted by Gasteiger charge is -2.10. The maximum Gasteiger partial charge on any atom is 0.241 e. The first-order chi connectivity index (χ1) is 8.29. The Bertz CT molecular complexity index is 679. The maximum absolute atomic E-state index is 11.2. The van der Waals surface area contributed by atoms with Gasteiger partial charge in [0.1, 0.15) is 4.90 Å². The normalized spacial score (nSPS) is 11.8. The second kappa shape index (κ2) is 4.22. The molecule has 6 heteroatoms. The number of nitrogens with zero attached hydrogens (tertiary/aromatic N) is 2. The van der Waals surface area contributed by atoms with Crippen LogP contribution in [-0.2, 0) is 10.0 Å². The van der Waals surface area contributed by atoms with Crippen molar-refractivity contribution in [2.75, 3.05) is 0 Å².